The molecule has 0 bridgehead atoms. The Hall–Kier alpha value is -2.56. The maximum Gasteiger partial charge on any atom is 0.322 e. The van der Waals surface area contributed by atoms with E-state index >= 15 is 0 Å². The zero-order chi connectivity index (χ0) is 24.8. The van der Waals surface area contributed by atoms with Crippen molar-refractivity contribution in [1.82, 2.24) is 4.90 Å². The summed E-state index contributed by atoms with van der Waals surface area (Å²) in [5.74, 6) is 0.208. The first kappa shape index (κ1) is 26.1. The molecule has 0 fully saturated rings. The number of amides is 2. The van der Waals surface area contributed by atoms with Gasteiger partial charge in [0.15, 0.2) is 0 Å². The van der Waals surface area contributed by atoms with Crippen LogP contribution in [0.5, 0.6) is 0 Å². The van der Waals surface area contributed by atoms with Crippen LogP contribution in [0.25, 0.3) is 0 Å². The van der Waals surface area contributed by atoms with Crippen LogP contribution in [0.4, 0.5) is 14.9 Å². The van der Waals surface area contributed by atoms with Gasteiger partial charge in [-0.05, 0) is 64.8 Å². The molecule has 1 N–H and O–H groups in total. The van der Waals surface area contributed by atoms with Gasteiger partial charge in [-0.2, -0.15) is 0 Å². The molecular weight excluding hydrogens is 470 g/mol. The van der Waals surface area contributed by atoms with Crippen LogP contribution in [0.2, 0.25) is 10.0 Å². The van der Waals surface area contributed by atoms with Crippen LogP contribution in [0.15, 0.2) is 60.7 Å². The number of halogens is 3. The molecule has 0 radical (unpaired) electrons. The predicted octanol–water partition coefficient (Wildman–Crippen LogP) is 8.66. The zero-order valence-electron chi connectivity index (χ0n) is 20.0. The highest BCUT2D eigenvalue weighted by Crippen LogP contribution is 2.33. The van der Waals surface area contributed by atoms with Crippen LogP contribution in [-0.2, 0) is 13.0 Å². The highest BCUT2D eigenvalue weighted by Gasteiger charge is 2.20. The van der Waals surface area contributed by atoms with Crippen molar-refractivity contribution in [3.05, 3.63) is 98.8 Å². The van der Waals surface area contributed by atoms with Gasteiger partial charge in [0.25, 0.3) is 0 Å². The van der Waals surface area contributed by atoms with E-state index in [1.165, 1.54) is 12.1 Å². The Labute approximate surface area is 211 Å². The summed E-state index contributed by atoms with van der Waals surface area (Å²) in [5.41, 5.74) is 4.82. The van der Waals surface area contributed by atoms with Gasteiger partial charge in [0.1, 0.15) is 5.82 Å². The van der Waals surface area contributed by atoms with Crippen LogP contribution in [0.1, 0.15) is 61.8 Å². The summed E-state index contributed by atoms with van der Waals surface area (Å²) in [6.45, 7) is 9.26. The molecule has 0 aromatic heterocycles. The summed E-state index contributed by atoms with van der Waals surface area (Å²) in [6, 6.07) is 17.6. The van der Waals surface area contributed by atoms with Crippen molar-refractivity contribution in [2.24, 2.45) is 0 Å². The largest absolute Gasteiger partial charge is 0.322 e. The van der Waals surface area contributed by atoms with Crippen LogP contribution in [-0.4, -0.2) is 17.5 Å². The smallest absolute Gasteiger partial charge is 0.320 e. The molecule has 0 atom stereocenters. The third-order valence-corrected chi connectivity index (χ3v) is 6.43. The molecule has 3 aromatic rings. The topological polar surface area (TPSA) is 32.3 Å². The van der Waals surface area contributed by atoms with Crippen LogP contribution in [0, 0.1) is 5.82 Å². The van der Waals surface area contributed by atoms with Gasteiger partial charge in [-0.3, -0.25) is 0 Å². The third kappa shape index (κ3) is 6.74. The fourth-order valence-corrected chi connectivity index (χ4v) is 4.43. The van der Waals surface area contributed by atoms with E-state index in [0.717, 1.165) is 27.9 Å². The molecule has 0 spiro atoms. The number of para-hydroxylation sites is 1. The monoisotopic (exact) mass is 500 g/mol. The van der Waals surface area contributed by atoms with Crippen molar-refractivity contribution in [3.63, 3.8) is 0 Å². The molecule has 3 nitrogen and oxygen atoms in total. The normalized spacial score (nSPS) is 11.2. The van der Waals surface area contributed by atoms with Gasteiger partial charge in [0.2, 0.25) is 0 Å². The highest BCUT2D eigenvalue weighted by atomic mass is 35.5. The van der Waals surface area contributed by atoms with Gasteiger partial charge in [0, 0.05) is 28.8 Å². The second kappa shape index (κ2) is 11.7. The molecule has 0 saturated carbocycles. The first-order chi connectivity index (χ1) is 16.2. The molecule has 34 heavy (non-hydrogen) atoms. The fourth-order valence-electron chi connectivity index (χ4n) is 3.92. The second-order valence-corrected chi connectivity index (χ2v) is 9.93. The number of hydrogen-bond acceptors (Lipinski definition) is 1. The Morgan fingerprint density at radius 3 is 2.12 bits per heavy atom. The number of anilines is 1. The molecule has 0 aliphatic rings. The number of carbonyl (C=O) groups excluding carboxylic acids is 1. The van der Waals surface area contributed by atoms with Gasteiger partial charge in [-0.15, -0.1) is 0 Å². The third-order valence-electron chi connectivity index (χ3n) is 5.84. The molecule has 0 unspecified atom stereocenters. The first-order valence-corrected chi connectivity index (χ1v) is 12.3. The van der Waals surface area contributed by atoms with E-state index in [1.807, 2.05) is 12.1 Å². The molecular formula is C28H31Cl2FN2O. The van der Waals surface area contributed by atoms with E-state index in [1.54, 1.807) is 29.2 Å². The van der Waals surface area contributed by atoms with E-state index in [4.69, 9.17) is 23.2 Å². The summed E-state index contributed by atoms with van der Waals surface area (Å²) in [6.07, 6.45) is 0.563. The average Bonchev–Trinajstić information content (AvgIpc) is 2.78. The number of rotatable bonds is 8. The van der Waals surface area contributed by atoms with E-state index < -0.39 is 0 Å². The van der Waals surface area contributed by atoms with Crippen LogP contribution < -0.4 is 5.32 Å². The van der Waals surface area contributed by atoms with Gasteiger partial charge in [-0.1, -0.05) is 87.3 Å². The van der Waals surface area contributed by atoms with E-state index in [-0.39, 0.29) is 23.7 Å². The zero-order valence-corrected chi connectivity index (χ0v) is 21.6. The Morgan fingerprint density at radius 2 is 1.56 bits per heavy atom. The predicted molar refractivity (Wildman–Crippen MR) is 141 cm³/mol. The SMILES string of the molecule is CC(C)c1cccc(C(C)C)c1NC(=O)N(CCc1ccc(Cl)cc1Cl)Cc1ccc(F)cc1. The molecule has 3 aromatic carbocycles. The lowest BCUT2D eigenvalue weighted by atomic mass is 9.93. The number of nitrogens with zero attached hydrogens (tertiary/aromatic N) is 1. The Morgan fingerprint density at radius 1 is 0.941 bits per heavy atom. The summed E-state index contributed by atoms with van der Waals surface area (Å²) in [4.78, 5) is 15.3. The minimum atomic E-state index is -0.305. The average molecular weight is 501 g/mol. The second-order valence-electron chi connectivity index (χ2n) is 9.08. The molecule has 0 saturated heterocycles. The first-order valence-electron chi connectivity index (χ1n) is 11.5. The minimum absolute atomic E-state index is 0.204. The number of hydrogen-bond donors (Lipinski definition) is 1. The van der Waals surface area contributed by atoms with Crippen molar-refractivity contribution < 1.29 is 9.18 Å². The van der Waals surface area contributed by atoms with E-state index in [2.05, 4.69) is 45.1 Å². The molecule has 0 aliphatic heterocycles. The molecule has 2 amide bonds. The van der Waals surface area contributed by atoms with Gasteiger partial charge in [0.05, 0.1) is 0 Å². The van der Waals surface area contributed by atoms with Gasteiger partial charge in [-0.25, -0.2) is 9.18 Å². The van der Waals surface area contributed by atoms with E-state index in [0.29, 0.717) is 29.6 Å². The molecule has 0 aliphatic carbocycles. The lowest BCUT2D eigenvalue weighted by Crippen LogP contribution is -2.36. The minimum Gasteiger partial charge on any atom is -0.320 e. The molecule has 0 heterocycles. The maximum absolute atomic E-state index is 13.6. The van der Waals surface area contributed by atoms with Crippen LogP contribution >= 0.6 is 23.2 Å². The Balaban J connectivity index is 1.89. The number of nitrogens with one attached hydrogen (secondary N) is 1. The molecule has 6 heteroatoms. The standard InChI is InChI=1S/C28H31Cl2FN2O/c1-18(2)24-6-5-7-25(19(3)4)27(24)32-28(34)33(17-20-8-12-23(31)13-9-20)15-14-21-10-11-22(29)16-26(21)30/h5-13,16,18-19H,14-15,17H2,1-4H3,(H,32,34). The number of benzene rings is 3. The summed E-state index contributed by atoms with van der Waals surface area (Å²) >= 11 is 12.4. The number of carbonyl (C=O) groups is 1. The Bertz CT molecular complexity index is 1100. The van der Waals surface area contributed by atoms with Crippen molar-refractivity contribution in [3.8, 4) is 0 Å². The lowest BCUT2D eigenvalue weighted by molar-refractivity contribution is 0.209. The molecule has 180 valence electrons. The van der Waals surface area contributed by atoms with Crippen LogP contribution in [0.3, 0.4) is 0 Å². The Kier molecular flexibility index (Phi) is 8.98. The van der Waals surface area contributed by atoms with Gasteiger partial charge >= 0.3 is 6.03 Å². The lowest BCUT2D eigenvalue weighted by Gasteiger charge is -2.26. The quantitative estimate of drug-likeness (QED) is 0.329. The summed E-state index contributed by atoms with van der Waals surface area (Å²) in [7, 11) is 0. The van der Waals surface area contributed by atoms with E-state index in [9.17, 15) is 9.18 Å². The fraction of sp³-hybridized carbons (Fsp3) is 0.321. The number of urea groups is 1. The summed E-state index contributed by atoms with van der Waals surface area (Å²) < 4.78 is 13.4. The molecule has 3 rings (SSSR count). The maximum atomic E-state index is 13.6. The highest BCUT2D eigenvalue weighted by molar-refractivity contribution is 6.35. The van der Waals surface area contributed by atoms with Crippen molar-refractivity contribution in [2.45, 2.75) is 52.5 Å². The van der Waals surface area contributed by atoms with Crippen molar-refractivity contribution >= 4 is 34.9 Å². The van der Waals surface area contributed by atoms with Gasteiger partial charge < -0.3 is 10.2 Å². The van der Waals surface area contributed by atoms with Crippen molar-refractivity contribution in [1.29, 1.82) is 0 Å². The van der Waals surface area contributed by atoms with Crippen molar-refractivity contribution in [2.75, 3.05) is 11.9 Å². The summed E-state index contributed by atoms with van der Waals surface area (Å²) in [5, 5.41) is 4.33.